The van der Waals surface area contributed by atoms with Gasteiger partial charge < -0.3 is 14.5 Å². The summed E-state index contributed by atoms with van der Waals surface area (Å²) in [5, 5.41) is 3.41. The van der Waals surface area contributed by atoms with Crippen LogP contribution in [-0.4, -0.2) is 7.11 Å². The Morgan fingerprint density at radius 2 is 2.06 bits per heavy atom. The van der Waals surface area contributed by atoms with Crippen molar-refractivity contribution in [2.45, 2.75) is 13.0 Å². The number of ether oxygens (including phenoxy) is 1. The van der Waals surface area contributed by atoms with Crippen LogP contribution in [0.15, 0.2) is 44.1 Å². The van der Waals surface area contributed by atoms with E-state index < -0.39 is 0 Å². The fourth-order valence-electron chi connectivity index (χ4n) is 1.63. The fourth-order valence-corrected chi connectivity index (χ4v) is 2.90. The van der Waals surface area contributed by atoms with E-state index in [2.05, 4.69) is 44.1 Å². The van der Waals surface area contributed by atoms with E-state index in [1.165, 1.54) is 0 Å². The first-order valence-corrected chi connectivity index (χ1v) is 7.02. The van der Waals surface area contributed by atoms with E-state index in [0.29, 0.717) is 0 Å². The molecule has 96 valence electrons. The van der Waals surface area contributed by atoms with Crippen LogP contribution in [0, 0.1) is 0 Å². The molecular formula is C13H13Br2NO2. The monoisotopic (exact) mass is 373 g/mol. The van der Waals surface area contributed by atoms with Crippen molar-refractivity contribution in [1.29, 1.82) is 0 Å². The van der Waals surface area contributed by atoms with Crippen LogP contribution in [0.25, 0.3) is 0 Å². The molecule has 0 spiro atoms. The lowest BCUT2D eigenvalue weighted by molar-refractivity contribution is 0.412. The van der Waals surface area contributed by atoms with Crippen molar-refractivity contribution in [3.63, 3.8) is 0 Å². The minimum atomic E-state index is 0.158. The Balaban J connectivity index is 2.23. The van der Waals surface area contributed by atoms with Crippen LogP contribution in [0.1, 0.15) is 18.5 Å². The minimum Gasteiger partial charge on any atom is -0.495 e. The van der Waals surface area contributed by atoms with Crippen molar-refractivity contribution in [3.8, 4) is 5.75 Å². The zero-order valence-electron chi connectivity index (χ0n) is 10.0. The molecule has 0 amide bonds. The van der Waals surface area contributed by atoms with Gasteiger partial charge in [0, 0.05) is 16.1 Å². The molecule has 0 saturated carbocycles. The van der Waals surface area contributed by atoms with Crippen molar-refractivity contribution in [2.24, 2.45) is 0 Å². The summed E-state index contributed by atoms with van der Waals surface area (Å²) in [6, 6.07) is 6.02. The number of nitrogens with one attached hydrogen (secondary N) is 1. The molecule has 18 heavy (non-hydrogen) atoms. The maximum atomic E-state index is 5.29. The third-order valence-corrected chi connectivity index (χ3v) is 3.93. The molecule has 0 bridgehead atoms. The van der Waals surface area contributed by atoms with Crippen LogP contribution in [0.5, 0.6) is 5.75 Å². The van der Waals surface area contributed by atoms with Crippen LogP contribution < -0.4 is 10.1 Å². The van der Waals surface area contributed by atoms with Gasteiger partial charge in [0.05, 0.1) is 35.8 Å². The summed E-state index contributed by atoms with van der Waals surface area (Å²) in [5.74, 6) is 0.792. The summed E-state index contributed by atoms with van der Waals surface area (Å²) < 4.78 is 12.3. The van der Waals surface area contributed by atoms with Crippen LogP contribution in [0.4, 0.5) is 5.69 Å². The number of hydrogen-bond acceptors (Lipinski definition) is 3. The van der Waals surface area contributed by atoms with E-state index in [1.54, 1.807) is 19.6 Å². The van der Waals surface area contributed by atoms with Crippen LogP contribution in [-0.2, 0) is 0 Å². The van der Waals surface area contributed by atoms with Crippen molar-refractivity contribution < 1.29 is 9.15 Å². The Morgan fingerprint density at radius 3 is 2.67 bits per heavy atom. The Hall–Kier alpha value is -0.940. The second-order valence-electron chi connectivity index (χ2n) is 3.89. The lowest BCUT2D eigenvalue weighted by Crippen LogP contribution is -2.06. The molecule has 2 rings (SSSR count). The smallest absolute Gasteiger partial charge is 0.135 e. The minimum absolute atomic E-state index is 0.158. The van der Waals surface area contributed by atoms with Crippen molar-refractivity contribution in [1.82, 2.24) is 0 Å². The number of halogens is 2. The highest BCUT2D eigenvalue weighted by atomic mass is 79.9. The Kier molecular flexibility index (Phi) is 4.35. The predicted molar refractivity (Wildman–Crippen MR) is 79.1 cm³/mol. The van der Waals surface area contributed by atoms with Gasteiger partial charge in [0.1, 0.15) is 5.75 Å². The van der Waals surface area contributed by atoms with Gasteiger partial charge in [-0.05, 0) is 50.9 Å². The highest BCUT2D eigenvalue weighted by Gasteiger charge is 2.11. The van der Waals surface area contributed by atoms with Gasteiger partial charge in [0.15, 0.2) is 0 Å². The second-order valence-corrected chi connectivity index (χ2v) is 5.60. The standard InChI is InChI=1S/C13H13Br2NO2/c1-8(9-3-4-18-7-9)16-12-6-13(17-2)11(15)5-10(12)14/h3-8,16H,1-2H3. The largest absolute Gasteiger partial charge is 0.495 e. The first-order valence-electron chi connectivity index (χ1n) is 5.43. The van der Waals surface area contributed by atoms with E-state index in [4.69, 9.17) is 9.15 Å². The van der Waals surface area contributed by atoms with Gasteiger partial charge in [-0.3, -0.25) is 0 Å². The Labute approximate surface area is 123 Å². The molecule has 0 fully saturated rings. The van der Waals surface area contributed by atoms with E-state index in [1.807, 2.05) is 18.2 Å². The molecule has 1 aromatic carbocycles. The molecule has 0 aliphatic carbocycles. The van der Waals surface area contributed by atoms with Crippen LogP contribution in [0.2, 0.25) is 0 Å². The third kappa shape index (κ3) is 2.90. The van der Waals surface area contributed by atoms with E-state index >= 15 is 0 Å². The second kappa shape index (κ2) is 5.80. The zero-order valence-corrected chi connectivity index (χ0v) is 13.2. The quantitative estimate of drug-likeness (QED) is 0.818. The number of anilines is 1. The highest BCUT2D eigenvalue weighted by molar-refractivity contribution is 9.11. The molecule has 1 atom stereocenters. The molecular weight excluding hydrogens is 362 g/mol. The van der Waals surface area contributed by atoms with Crippen molar-refractivity contribution >= 4 is 37.5 Å². The molecule has 0 aliphatic heterocycles. The summed E-state index contributed by atoms with van der Waals surface area (Å²) in [6.07, 6.45) is 3.41. The van der Waals surface area contributed by atoms with Crippen LogP contribution >= 0.6 is 31.9 Å². The Morgan fingerprint density at radius 1 is 1.28 bits per heavy atom. The average Bonchev–Trinajstić information content (AvgIpc) is 2.86. The van der Waals surface area contributed by atoms with Crippen molar-refractivity contribution in [2.75, 3.05) is 12.4 Å². The summed E-state index contributed by atoms with van der Waals surface area (Å²) in [4.78, 5) is 0. The maximum absolute atomic E-state index is 5.29. The Bertz CT molecular complexity index is 526. The zero-order chi connectivity index (χ0) is 13.1. The maximum Gasteiger partial charge on any atom is 0.135 e. The SMILES string of the molecule is COc1cc(NC(C)c2ccoc2)c(Br)cc1Br. The lowest BCUT2D eigenvalue weighted by Gasteiger charge is -2.16. The van der Waals surface area contributed by atoms with Gasteiger partial charge in [0.25, 0.3) is 0 Å². The van der Waals surface area contributed by atoms with E-state index in [-0.39, 0.29) is 6.04 Å². The van der Waals surface area contributed by atoms with Gasteiger partial charge in [-0.2, -0.15) is 0 Å². The van der Waals surface area contributed by atoms with Crippen molar-refractivity contribution in [3.05, 3.63) is 45.2 Å². The molecule has 1 heterocycles. The first-order chi connectivity index (χ1) is 8.61. The summed E-state index contributed by atoms with van der Waals surface area (Å²) in [7, 11) is 1.65. The summed E-state index contributed by atoms with van der Waals surface area (Å²) in [5.41, 5.74) is 2.08. The molecule has 2 aromatic rings. The van der Waals surface area contributed by atoms with Crippen LogP contribution in [0.3, 0.4) is 0 Å². The topological polar surface area (TPSA) is 34.4 Å². The molecule has 1 N–H and O–H groups in total. The van der Waals surface area contributed by atoms with Gasteiger partial charge in [-0.15, -0.1) is 0 Å². The predicted octanol–water partition coefficient (Wildman–Crippen LogP) is 4.99. The molecule has 1 aromatic heterocycles. The van der Waals surface area contributed by atoms with E-state index in [0.717, 1.165) is 25.9 Å². The molecule has 1 unspecified atom stereocenters. The van der Waals surface area contributed by atoms with Gasteiger partial charge in [-0.25, -0.2) is 0 Å². The molecule has 0 aliphatic rings. The van der Waals surface area contributed by atoms with Gasteiger partial charge in [-0.1, -0.05) is 0 Å². The van der Waals surface area contributed by atoms with Gasteiger partial charge >= 0.3 is 0 Å². The fraction of sp³-hybridized carbons (Fsp3) is 0.231. The molecule has 3 nitrogen and oxygen atoms in total. The molecule has 0 radical (unpaired) electrons. The number of rotatable bonds is 4. The summed E-state index contributed by atoms with van der Waals surface area (Å²) >= 11 is 6.98. The van der Waals surface area contributed by atoms with E-state index in [9.17, 15) is 0 Å². The number of furan rings is 1. The first kappa shape index (κ1) is 13.5. The highest BCUT2D eigenvalue weighted by Crippen LogP contribution is 2.36. The van der Waals surface area contributed by atoms with Gasteiger partial charge in [0.2, 0.25) is 0 Å². The number of hydrogen-bond donors (Lipinski definition) is 1. The molecule has 5 heteroatoms. The number of methoxy groups -OCH3 is 1. The average molecular weight is 375 g/mol. The number of benzene rings is 1. The molecule has 0 saturated heterocycles. The summed E-state index contributed by atoms with van der Waals surface area (Å²) in [6.45, 7) is 2.08. The lowest BCUT2D eigenvalue weighted by atomic mass is 10.1. The normalized spacial score (nSPS) is 12.2. The third-order valence-electron chi connectivity index (χ3n) is 2.66.